The summed E-state index contributed by atoms with van der Waals surface area (Å²) in [6.07, 6.45) is 1.62. The Morgan fingerprint density at radius 3 is 2.12 bits per heavy atom. The second-order valence-corrected chi connectivity index (χ2v) is 8.79. The van der Waals surface area contributed by atoms with Crippen molar-refractivity contribution in [3.8, 4) is 11.6 Å². The van der Waals surface area contributed by atoms with E-state index >= 15 is 0 Å². The van der Waals surface area contributed by atoms with Crippen molar-refractivity contribution in [3.63, 3.8) is 0 Å². The zero-order valence-corrected chi connectivity index (χ0v) is 19.8. The molecule has 2 saturated heterocycles. The van der Waals surface area contributed by atoms with Crippen LogP contribution in [-0.4, -0.2) is 74.3 Å². The third kappa shape index (κ3) is 4.32. The van der Waals surface area contributed by atoms with Crippen LogP contribution in [0.5, 0.6) is 11.6 Å². The Morgan fingerprint density at radius 2 is 1.44 bits per heavy atom. The third-order valence-corrected chi connectivity index (χ3v) is 6.88. The lowest BCUT2D eigenvalue weighted by atomic mass is 9.95. The van der Waals surface area contributed by atoms with Gasteiger partial charge in [-0.1, -0.05) is 24.3 Å². The molecule has 5 rings (SSSR count). The van der Waals surface area contributed by atoms with Crippen molar-refractivity contribution in [1.82, 2.24) is 14.9 Å². The van der Waals surface area contributed by atoms with Gasteiger partial charge in [0.1, 0.15) is 5.75 Å². The van der Waals surface area contributed by atoms with Crippen LogP contribution in [0.3, 0.4) is 0 Å². The summed E-state index contributed by atoms with van der Waals surface area (Å²) in [4.78, 5) is 29.2. The Labute approximate surface area is 200 Å². The van der Waals surface area contributed by atoms with Crippen molar-refractivity contribution >= 4 is 28.4 Å². The monoisotopic (exact) mass is 461 g/mol. The highest BCUT2D eigenvalue weighted by Gasteiger charge is 2.32. The zero-order chi connectivity index (χ0) is 23.5. The lowest BCUT2D eigenvalue weighted by molar-refractivity contribution is -0.136. The van der Waals surface area contributed by atoms with Crippen LogP contribution in [0.1, 0.15) is 12.8 Å². The van der Waals surface area contributed by atoms with E-state index in [0.717, 1.165) is 80.4 Å². The van der Waals surface area contributed by atoms with Crippen LogP contribution < -0.4 is 19.3 Å². The number of carbonyl (C=O) groups excluding carboxylic acids is 1. The summed E-state index contributed by atoms with van der Waals surface area (Å²) in [5, 5.41) is 0. The Morgan fingerprint density at radius 1 is 0.794 bits per heavy atom. The van der Waals surface area contributed by atoms with Gasteiger partial charge in [-0.2, -0.15) is 0 Å². The largest absolute Gasteiger partial charge is 0.495 e. The molecule has 1 amide bonds. The molecule has 0 radical (unpaired) electrons. The molecule has 2 aliphatic rings. The van der Waals surface area contributed by atoms with E-state index in [9.17, 15) is 4.79 Å². The lowest BCUT2D eigenvalue weighted by Gasteiger charge is -2.39. The molecule has 34 heavy (non-hydrogen) atoms. The summed E-state index contributed by atoms with van der Waals surface area (Å²) < 4.78 is 11.0. The van der Waals surface area contributed by atoms with Crippen LogP contribution in [-0.2, 0) is 4.79 Å². The highest BCUT2D eigenvalue weighted by Crippen LogP contribution is 2.32. The number of nitrogens with zero attached hydrogens (tertiary/aromatic N) is 5. The van der Waals surface area contributed by atoms with E-state index in [1.54, 1.807) is 14.2 Å². The molecule has 0 N–H and O–H groups in total. The minimum absolute atomic E-state index is 0.0495. The van der Waals surface area contributed by atoms with Gasteiger partial charge >= 0.3 is 0 Å². The van der Waals surface area contributed by atoms with E-state index in [0.29, 0.717) is 5.88 Å². The normalized spacial score (nSPS) is 17.2. The van der Waals surface area contributed by atoms with Crippen molar-refractivity contribution in [1.29, 1.82) is 0 Å². The summed E-state index contributed by atoms with van der Waals surface area (Å²) in [5.74, 6) is 2.50. The molecule has 8 nitrogen and oxygen atoms in total. The van der Waals surface area contributed by atoms with Gasteiger partial charge in [-0.15, -0.1) is 0 Å². The minimum atomic E-state index is 0.0495. The maximum Gasteiger partial charge on any atom is 0.257 e. The average molecular weight is 462 g/mol. The Kier molecular flexibility index (Phi) is 6.38. The molecule has 0 saturated carbocycles. The first-order valence-corrected chi connectivity index (χ1v) is 11.9. The molecule has 1 aromatic heterocycles. The Bertz CT molecular complexity index is 1150. The number of methoxy groups -OCH3 is 2. The van der Waals surface area contributed by atoms with Gasteiger partial charge in [0.2, 0.25) is 5.91 Å². The number of amides is 1. The second kappa shape index (κ2) is 9.75. The quantitative estimate of drug-likeness (QED) is 0.578. The Hall–Kier alpha value is -3.55. The Balaban J connectivity index is 1.20. The number of carbonyl (C=O) groups is 1. The van der Waals surface area contributed by atoms with Crippen LogP contribution >= 0.6 is 0 Å². The number of fused-ring (bicyclic) bond motifs is 1. The summed E-state index contributed by atoms with van der Waals surface area (Å²) in [6, 6.07) is 15.9. The van der Waals surface area contributed by atoms with E-state index < -0.39 is 0 Å². The molecule has 3 aromatic rings. The number of benzene rings is 2. The first kappa shape index (κ1) is 22.3. The van der Waals surface area contributed by atoms with Crippen LogP contribution in [0.2, 0.25) is 0 Å². The predicted octanol–water partition coefficient (Wildman–Crippen LogP) is 3.21. The lowest BCUT2D eigenvalue weighted by Crippen LogP contribution is -2.51. The van der Waals surface area contributed by atoms with Crippen molar-refractivity contribution in [2.75, 3.05) is 63.3 Å². The van der Waals surface area contributed by atoms with Crippen molar-refractivity contribution in [2.45, 2.75) is 12.8 Å². The zero-order valence-electron chi connectivity index (χ0n) is 19.8. The highest BCUT2D eigenvalue weighted by molar-refractivity contribution is 5.80. The van der Waals surface area contributed by atoms with Gasteiger partial charge in [0, 0.05) is 45.2 Å². The minimum Gasteiger partial charge on any atom is -0.495 e. The number of piperidine rings is 1. The van der Waals surface area contributed by atoms with Gasteiger partial charge < -0.3 is 24.2 Å². The molecule has 0 spiro atoms. The molecule has 2 fully saturated rings. The van der Waals surface area contributed by atoms with Crippen molar-refractivity contribution in [3.05, 3.63) is 48.5 Å². The molecular weight excluding hydrogens is 430 g/mol. The smallest absolute Gasteiger partial charge is 0.257 e. The SMILES string of the molecule is COc1ccccc1N1CCN(C(=O)C2CCN(c3nc4ccccc4nc3OC)CC2)CC1. The number of aromatic nitrogens is 2. The first-order chi connectivity index (χ1) is 16.7. The third-order valence-electron chi connectivity index (χ3n) is 6.88. The number of rotatable bonds is 5. The van der Waals surface area contributed by atoms with Gasteiger partial charge in [-0.25, -0.2) is 9.97 Å². The molecule has 3 heterocycles. The van der Waals surface area contributed by atoms with Crippen LogP contribution in [0.15, 0.2) is 48.5 Å². The fraction of sp³-hybridized carbons (Fsp3) is 0.423. The summed E-state index contributed by atoms with van der Waals surface area (Å²) in [7, 11) is 3.33. The van der Waals surface area contributed by atoms with E-state index in [-0.39, 0.29) is 11.8 Å². The van der Waals surface area contributed by atoms with Gasteiger partial charge in [0.05, 0.1) is 30.9 Å². The molecule has 178 valence electrons. The number of hydrogen-bond acceptors (Lipinski definition) is 7. The molecule has 0 aliphatic carbocycles. The van der Waals surface area contributed by atoms with Gasteiger partial charge in [0.15, 0.2) is 5.82 Å². The second-order valence-electron chi connectivity index (χ2n) is 8.79. The van der Waals surface area contributed by atoms with E-state index in [4.69, 9.17) is 14.5 Å². The number of anilines is 2. The molecule has 2 aliphatic heterocycles. The van der Waals surface area contributed by atoms with E-state index in [1.807, 2.05) is 47.4 Å². The van der Waals surface area contributed by atoms with Crippen molar-refractivity contribution < 1.29 is 14.3 Å². The summed E-state index contributed by atoms with van der Waals surface area (Å²) in [5.41, 5.74) is 2.76. The van der Waals surface area contributed by atoms with Crippen molar-refractivity contribution in [2.24, 2.45) is 5.92 Å². The topological polar surface area (TPSA) is 71.0 Å². The predicted molar refractivity (Wildman–Crippen MR) is 133 cm³/mol. The standard InChI is InChI=1S/C26H31N5O3/c1-33-23-10-6-5-9-22(23)29-15-17-31(18-16-29)26(32)19-11-13-30(14-12-19)24-25(34-2)28-21-8-4-3-7-20(21)27-24/h3-10,19H,11-18H2,1-2H3. The molecular formula is C26H31N5O3. The number of para-hydroxylation sites is 4. The van der Waals surface area contributed by atoms with Gasteiger partial charge in [-0.3, -0.25) is 4.79 Å². The highest BCUT2D eigenvalue weighted by atomic mass is 16.5. The molecule has 8 heteroatoms. The first-order valence-electron chi connectivity index (χ1n) is 11.9. The number of hydrogen-bond donors (Lipinski definition) is 0. The van der Waals surface area contributed by atoms with Gasteiger partial charge in [-0.05, 0) is 37.1 Å². The molecule has 0 bridgehead atoms. The molecule has 0 atom stereocenters. The summed E-state index contributed by atoms with van der Waals surface area (Å²) >= 11 is 0. The number of ether oxygens (including phenoxy) is 2. The molecule has 0 unspecified atom stereocenters. The van der Waals surface area contributed by atoms with Crippen LogP contribution in [0.4, 0.5) is 11.5 Å². The maximum atomic E-state index is 13.3. The number of piperazine rings is 1. The van der Waals surface area contributed by atoms with Crippen LogP contribution in [0.25, 0.3) is 11.0 Å². The summed E-state index contributed by atoms with van der Waals surface area (Å²) in [6.45, 7) is 4.63. The fourth-order valence-corrected chi connectivity index (χ4v) is 4.97. The van der Waals surface area contributed by atoms with E-state index in [1.165, 1.54) is 0 Å². The molecule has 2 aromatic carbocycles. The van der Waals surface area contributed by atoms with Gasteiger partial charge in [0.25, 0.3) is 5.88 Å². The fourth-order valence-electron chi connectivity index (χ4n) is 4.97. The van der Waals surface area contributed by atoms with Crippen LogP contribution in [0, 0.1) is 5.92 Å². The average Bonchev–Trinajstić information content (AvgIpc) is 2.92. The van der Waals surface area contributed by atoms with E-state index in [2.05, 4.69) is 20.9 Å². The maximum absolute atomic E-state index is 13.3.